The number of benzene rings is 1. The lowest BCUT2D eigenvalue weighted by atomic mass is 10.0. The fourth-order valence-corrected chi connectivity index (χ4v) is 2.88. The number of carboxylic acids is 1. The van der Waals surface area contributed by atoms with Gasteiger partial charge in [-0.15, -0.1) is 0 Å². The third kappa shape index (κ3) is 8.18. The monoisotopic (exact) mass is 412 g/mol. The molecule has 0 fully saturated rings. The van der Waals surface area contributed by atoms with Gasteiger partial charge >= 0.3 is 12.1 Å². The van der Waals surface area contributed by atoms with Crippen molar-refractivity contribution in [3.8, 4) is 0 Å². The number of carbonyl (C=O) groups excluding carboxylic acids is 1. The van der Waals surface area contributed by atoms with Gasteiger partial charge in [-0.1, -0.05) is 30.3 Å². The van der Waals surface area contributed by atoms with Gasteiger partial charge in [0.05, 0.1) is 5.60 Å². The third-order valence-corrected chi connectivity index (χ3v) is 4.29. The predicted molar refractivity (Wildman–Crippen MR) is 107 cm³/mol. The first-order chi connectivity index (χ1) is 13.0. The number of hydrogen-bond donors (Lipinski definition) is 3. The van der Waals surface area contributed by atoms with Crippen molar-refractivity contribution in [2.75, 3.05) is 12.0 Å². The maximum Gasteiger partial charge on any atom is 0.432 e. The van der Waals surface area contributed by atoms with E-state index < -0.39 is 35.7 Å². The van der Waals surface area contributed by atoms with Crippen molar-refractivity contribution >= 4 is 29.7 Å². The summed E-state index contributed by atoms with van der Waals surface area (Å²) in [6.07, 6.45) is 0.682. The molecular weight excluding hydrogens is 384 g/mol. The molecule has 0 bridgehead atoms. The Kier molecular flexibility index (Phi) is 9.27. The standard InChI is InChI=1S/C19H28N2O6S/c1-19(2,3)27-21(18(25)26)15(12-13-8-6-5-7-9-13)16(22)20-14(17(23)24)10-11-28-4/h5-9,14-15H,10-12H2,1-4H3,(H,20,22)(H,23,24)(H,25,26)/t14-,15-/m0/s1. The van der Waals surface area contributed by atoms with Crippen LogP contribution in [-0.2, 0) is 20.8 Å². The van der Waals surface area contributed by atoms with Gasteiger partial charge in [0.2, 0.25) is 5.91 Å². The maximum atomic E-state index is 12.9. The van der Waals surface area contributed by atoms with Crippen LogP contribution in [0.1, 0.15) is 32.8 Å². The number of hydrogen-bond acceptors (Lipinski definition) is 5. The molecule has 0 radical (unpaired) electrons. The Morgan fingerprint density at radius 3 is 2.25 bits per heavy atom. The van der Waals surface area contributed by atoms with Gasteiger partial charge in [0.25, 0.3) is 0 Å². The lowest BCUT2D eigenvalue weighted by molar-refractivity contribution is -0.221. The molecule has 0 unspecified atom stereocenters. The number of nitrogens with zero attached hydrogens (tertiary/aromatic N) is 1. The molecule has 0 heterocycles. The summed E-state index contributed by atoms with van der Waals surface area (Å²) in [6.45, 7) is 5.00. The topological polar surface area (TPSA) is 116 Å². The molecule has 0 aliphatic rings. The highest BCUT2D eigenvalue weighted by molar-refractivity contribution is 7.98. The van der Waals surface area contributed by atoms with Crippen molar-refractivity contribution in [3.63, 3.8) is 0 Å². The van der Waals surface area contributed by atoms with Gasteiger partial charge < -0.3 is 15.5 Å². The van der Waals surface area contributed by atoms with Crippen LogP contribution < -0.4 is 5.32 Å². The van der Waals surface area contributed by atoms with Crippen LogP contribution in [0.3, 0.4) is 0 Å². The van der Waals surface area contributed by atoms with Crippen molar-refractivity contribution in [2.45, 2.75) is 51.3 Å². The van der Waals surface area contributed by atoms with Crippen molar-refractivity contribution in [3.05, 3.63) is 35.9 Å². The van der Waals surface area contributed by atoms with Crippen molar-refractivity contribution in [1.82, 2.24) is 10.4 Å². The van der Waals surface area contributed by atoms with E-state index in [-0.39, 0.29) is 12.8 Å². The molecule has 0 aliphatic heterocycles. The fourth-order valence-electron chi connectivity index (χ4n) is 2.41. The molecular formula is C19H28N2O6S. The number of thioether (sulfide) groups is 1. The average Bonchev–Trinajstić information content (AvgIpc) is 2.61. The summed E-state index contributed by atoms with van der Waals surface area (Å²) in [5.74, 6) is -1.34. The second-order valence-corrected chi connectivity index (χ2v) is 8.18. The van der Waals surface area contributed by atoms with Crippen LogP contribution in [0.4, 0.5) is 4.79 Å². The second kappa shape index (κ2) is 10.9. The molecule has 0 saturated carbocycles. The zero-order chi connectivity index (χ0) is 21.3. The Morgan fingerprint density at radius 1 is 1.18 bits per heavy atom. The van der Waals surface area contributed by atoms with E-state index in [0.29, 0.717) is 10.8 Å². The summed E-state index contributed by atoms with van der Waals surface area (Å²) in [5.41, 5.74) is -0.138. The molecule has 0 saturated heterocycles. The smallest absolute Gasteiger partial charge is 0.432 e. The van der Waals surface area contributed by atoms with Gasteiger partial charge in [-0.05, 0) is 44.8 Å². The normalized spacial score (nSPS) is 13.4. The van der Waals surface area contributed by atoms with E-state index in [2.05, 4.69) is 5.32 Å². The molecule has 0 spiro atoms. The molecule has 1 aromatic rings. The molecule has 1 aromatic carbocycles. The summed E-state index contributed by atoms with van der Waals surface area (Å²) in [7, 11) is 0. The molecule has 156 valence electrons. The highest BCUT2D eigenvalue weighted by Gasteiger charge is 2.36. The number of rotatable bonds is 10. The first-order valence-electron chi connectivity index (χ1n) is 8.82. The van der Waals surface area contributed by atoms with Gasteiger partial charge in [-0.25, -0.2) is 9.59 Å². The zero-order valence-electron chi connectivity index (χ0n) is 16.5. The third-order valence-electron chi connectivity index (χ3n) is 3.64. The molecule has 8 nitrogen and oxygen atoms in total. The zero-order valence-corrected chi connectivity index (χ0v) is 17.4. The quantitative estimate of drug-likeness (QED) is 0.506. The van der Waals surface area contributed by atoms with E-state index in [1.165, 1.54) is 11.8 Å². The molecule has 2 atom stereocenters. The van der Waals surface area contributed by atoms with Crippen LogP contribution in [-0.4, -0.2) is 62.9 Å². The van der Waals surface area contributed by atoms with Crippen LogP contribution >= 0.6 is 11.8 Å². The lowest BCUT2D eigenvalue weighted by Crippen LogP contribution is -2.55. The van der Waals surface area contributed by atoms with Crippen LogP contribution in [0.5, 0.6) is 0 Å². The van der Waals surface area contributed by atoms with Gasteiger partial charge in [-0.3, -0.25) is 9.63 Å². The van der Waals surface area contributed by atoms with E-state index in [4.69, 9.17) is 4.84 Å². The van der Waals surface area contributed by atoms with Crippen LogP contribution in [0.25, 0.3) is 0 Å². The number of amides is 2. The Balaban J connectivity index is 3.14. The summed E-state index contributed by atoms with van der Waals surface area (Å²) in [4.78, 5) is 41.7. The van der Waals surface area contributed by atoms with Gasteiger partial charge in [0.15, 0.2) is 0 Å². The Morgan fingerprint density at radius 2 is 1.79 bits per heavy atom. The van der Waals surface area contributed by atoms with Crippen molar-refractivity contribution < 1.29 is 29.4 Å². The van der Waals surface area contributed by atoms with Crippen molar-refractivity contribution in [1.29, 1.82) is 0 Å². The number of hydroxylamine groups is 2. The highest BCUT2D eigenvalue weighted by Crippen LogP contribution is 2.17. The molecule has 1 rings (SSSR count). The first kappa shape index (κ1) is 23.8. The molecule has 9 heteroatoms. The maximum absolute atomic E-state index is 12.9. The minimum Gasteiger partial charge on any atom is -0.480 e. The van der Waals surface area contributed by atoms with Gasteiger partial charge in [0.1, 0.15) is 12.1 Å². The Hall–Kier alpha value is -2.26. The molecule has 3 N–H and O–H groups in total. The van der Waals surface area contributed by atoms with Crippen LogP contribution in [0.15, 0.2) is 30.3 Å². The summed E-state index contributed by atoms with van der Waals surface area (Å²) in [6, 6.07) is 6.54. The molecule has 0 aliphatic carbocycles. The van der Waals surface area contributed by atoms with E-state index in [9.17, 15) is 24.6 Å². The molecule has 0 aromatic heterocycles. The van der Waals surface area contributed by atoms with Crippen LogP contribution in [0.2, 0.25) is 0 Å². The second-order valence-electron chi connectivity index (χ2n) is 7.20. The summed E-state index contributed by atoms with van der Waals surface area (Å²) < 4.78 is 0. The number of carboxylic acid groups (broad SMARTS) is 2. The van der Waals surface area contributed by atoms with E-state index in [1.54, 1.807) is 45.0 Å². The SMILES string of the molecule is CSCC[C@H](NC(=O)[C@H](Cc1ccccc1)N(OC(C)(C)C)C(=O)O)C(=O)O. The van der Waals surface area contributed by atoms with E-state index >= 15 is 0 Å². The molecule has 2 amide bonds. The number of nitrogens with one attached hydrogen (secondary N) is 1. The van der Waals surface area contributed by atoms with Crippen molar-refractivity contribution in [2.24, 2.45) is 0 Å². The minimum absolute atomic E-state index is 0.0456. The number of aliphatic carboxylic acids is 1. The summed E-state index contributed by atoms with van der Waals surface area (Å²) in [5, 5.41) is 22.1. The predicted octanol–water partition coefficient (Wildman–Crippen LogP) is 2.63. The largest absolute Gasteiger partial charge is 0.480 e. The Labute approximate surface area is 169 Å². The van der Waals surface area contributed by atoms with Crippen LogP contribution in [0, 0.1) is 0 Å². The molecule has 28 heavy (non-hydrogen) atoms. The van der Waals surface area contributed by atoms with Gasteiger partial charge in [0, 0.05) is 6.42 Å². The van der Waals surface area contributed by atoms with E-state index in [1.807, 2.05) is 12.3 Å². The number of carbonyl (C=O) groups is 3. The lowest BCUT2D eigenvalue weighted by Gasteiger charge is -2.33. The average molecular weight is 413 g/mol. The van der Waals surface area contributed by atoms with Gasteiger partial charge in [-0.2, -0.15) is 16.8 Å². The van der Waals surface area contributed by atoms with E-state index in [0.717, 1.165) is 5.56 Å². The minimum atomic E-state index is -1.43. The fraction of sp³-hybridized carbons (Fsp3) is 0.526. The Bertz CT molecular complexity index is 662. The first-order valence-corrected chi connectivity index (χ1v) is 10.2. The summed E-state index contributed by atoms with van der Waals surface area (Å²) >= 11 is 1.46. The highest BCUT2D eigenvalue weighted by atomic mass is 32.2.